The fourth-order valence-electron chi connectivity index (χ4n) is 2.24. The number of halogens is 3. The number of amides is 1. The van der Waals surface area contributed by atoms with Gasteiger partial charge in [-0.05, 0) is 30.9 Å². The first-order chi connectivity index (χ1) is 8.60. The standard InChI is InChI=1S/C13H14BrF2NO/c14-7-9-2-1-3-17(8-9)13(18)10-4-11(15)6-12(16)5-10/h4-6,9H,1-3,7-8H2. The molecule has 0 aliphatic carbocycles. The van der Waals surface area contributed by atoms with Gasteiger partial charge in [-0.2, -0.15) is 0 Å². The molecule has 1 atom stereocenters. The molecule has 0 spiro atoms. The summed E-state index contributed by atoms with van der Waals surface area (Å²) >= 11 is 3.41. The average Bonchev–Trinajstić information content (AvgIpc) is 2.37. The Labute approximate surface area is 113 Å². The predicted molar refractivity (Wildman–Crippen MR) is 68.8 cm³/mol. The van der Waals surface area contributed by atoms with Gasteiger partial charge < -0.3 is 4.90 Å². The van der Waals surface area contributed by atoms with Gasteiger partial charge >= 0.3 is 0 Å². The second-order valence-electron chi connectivity index (χ2n) is 4.57. The number of likely N-dealkylation sites (tertiary alicyclic amines) is 1. The molecule has 1 saturated heterocycles. The summed E-state index contributed by atoms with van der Waals surface area (Å²) in [4.78, 5) is 13.8. The zero-order valence-corrected chi connectivity index (χ0v) is 11.4. The van der Waals surface area contributed by atoms with Crippen molar-refractivity contribution in [1.82, 2.24) is 4.90 Å². The van der Waals surface area contributed by atoms with E-state index in [2.05, 4.69) is 15.9 Å². The summed E-state index contributed by atoms with van der Waals surface area (Å²) in [7, 11) is 0. The van der Waals surface area contributed by atoms with Crippen LogP contribution in [-0.4, -0.2) is 29.2 Å². The summed E-state index contributed by atoms with van der Waals surface area (Å²) in [5, 5.41) is 0.842. The summed E-state index contributed by atoms with van der Waals surface area (Å²) in [6.45, 7) is 1.29. The quantitative estimate of drug-likeness (QED) is 0.767. The van der Waals surface area contributed by atoms with Gasteiger partial charge in [-0.1, -0.05) is 15.9 Å². The second kappa shape index (κ2) is 5.78. The fourth-order valence-corrected chi connectivity index (χ4v) is 2.76. The van der Waals surface area contributed by atoms with Gasteiger partial charge in [0.25, 0.3) is 5.91 Å². The number of hydrogen-bond donors (Lipinski definition) is 0. The Bertz CT molecular complexity index is 432. The van der Waals surface area contributed by atoms with Crippen LogP contribution in [0.15, 0.2) is 18.2 Å². The van der Waals surface area contributed by atoms with Crippen molar-refractivity contribution in [2.24, 2.45) is 5.92 Å². The van der Waals surface area contributed by atoms with E-state index in [-0.39, 0.29) is 11.5 Å². The van der Waals surface area contributed by atoms with Gasteiger partial charge in [-0.3, -0.25) is 4.79 Å². The highest BCUT2D eigenvalue weighted by Gasteiger charge is 2.24. The van der Waals surface area contributed by atoms with Gasteiger partial charge in [-0.15, -0.1) is 0 Å². The lowest BCUT2D eigenvalue weighted by Gasteiger charge is -2.32. The van der Waals surface area contributed by atoms with E-state index >= 15 is 0 Å². The Hall–Kier alpha value is -0.970. The Morgan fingerprint density at radius 1 is 1.33 bits per heavy atom. The second-order valence-corrected chi connectivity index (χ2v) is 5.22. The molecule has 1 heterocycles. The van der Waals surface area contributed by atoms with Gasteiger partial charge in [-0.25, -0.2) is 8.78 Å². The minimum absolute atomic E-state index is 0.0859. The molecule has 0 saturated carbocycles. The first kappa shape index (κ1) is 13.5. The maximum Gasteiger partial charge on any atom is 0.254 e. The lowest BCUT2D eigenvalue weighted by Crippen LogP contribution is -2.40. The van der Waals surface area contributed by atoms with Gasteiger partial charge in [0.15, 0.2) is 0 Å². The molecule has 1 aromatic rings. The van der Waals surface area contributed by atoms with Gasteiger partial charge in [0.1, 0.15) is 11.6 Å². The molecule has 2 rings (SSSR count). The van der Waals surface area contributed by atoms with Crippen LogP contribution in [0, 0.1) is 17.6 Å². The molecule has 1 aliphatic rings. The first-order valence-corrected chi connectivity index (χ1v) is 7.03. The monoisotopic (exact) mass is 317 g/mol. The van der Waals surface area contributed by atoms with Crippen molar-refractivity contribution < 1.29 is 13.6 Å². The summed E-state index contributed by atoms with van der Waals surface area (Å²) in [6, 6.07) is 2.95. The molecule has 5 heteroatoms. The van der Waals surface area contributed by atoms with E-state index < -0.39 is 11.6 Å². The van der Waals surface area contributed by atoms with E-state index in [0.29, 0.717) is 19.0 Å². The number of benzene rings is 1. The Morgan fingerprint density at radius 3 is 2.61 bits per heavy atom. The molecule has 1 amide bonds. The van der Waals surface area contributed by atoms with Crippen LogP contribution < -0.4 is 0 Å². The van der Waals surface area contributed by atoms with E-state index in [1.165, 1.54) is 0 Å². The van der Waals surface area contributed by atoms with Crippen LogP contribution in [0.25, 0.3) is 0 Å². The number of carbonyl (C=O) groups excluding carboxylic acids is 1. The third-order valence-corrected chi connectivity index (χ3v) is 4.05. The van der Waals surface area contributed by atoms with Crippen LogP contribution in [0.5, 0.6) is 0 Å². The number of piperidine rings is 1. The summed E-state index contributed by atoms with van der Waals surface area (Å²) in [6.07, 6.45) is 2.01. The zero-order chi connectivity index (χ0) is 13.1. The number of nitrogens with zero attached hydrogens (tertiary/aromatic N) is 1. The highest BCUT2D eigenvalue weighted by atomic mass is 79.9. The number of carbonyl (C=O) groups is 1. The predicted octanol–water partition coefficient (Wildman–Crippen LogP) is 3.21. The van der Waals surface area contributed by atoms with Crippen LogP contribution >= 0.6 is 15.9 Å². The van der Waals surface area contributed by atoms with Crippen molar-refractivity contribution >= 4 is 21.8 Å². The number of alkyl halides is 1. The first-order valence-electron chi connectivity index (χ1n) is 5.91. The number of rotatable bonds is 2. The molecule has 0 aromatic heterocycles. The lowest BCUT2D eigenvalue weighted by molar-refractivity contribution is 0.0685. The molecule has 1 aliphatic heterocycles. The maximum absolute atomic E-state index is 13.1. The molecule has 2 nitrogen and oxygen atoms in total. The Morgan fingerprint density at radius 2 is 2.00 bits per heavy atom. The topological polar surface area (TPSA) is 20.3 Å². The Balaban J connectivity index is 2.15. The molecule has 0 bridgehead atoms. The van der Waals surface area contributed by atoms with Crippen LogP contribution in [0.3, 0.4) is 0 Å². The molecule has 98 valence electrons. The summed E-state index contributed by atoms with van der Waals surface area (Å²) < 4.78 is 26.2. The van der Waals surface area contributed by atoms with Crippen molar-refractivity contribution in [3.63, 3.8) is 0 Å². The van der Waals surface area contributed by atoms with Crippen LogP contribution in [0.1, 0.15) is 23.2 Å². The van der Waals surface area contributed by atoms with Crippen molar-refractivity contribution in [2.45, 2.75) is 12.8 Å². The van der Waals surface area contributed by atoms with Crippen LogP contribution in [-0.2, 0) is 0 Å². The summed E-state index contributed by atoms with van der Waals surface area (Å²) in [5.41, 5.74) is 0.0859. The van der Waals surface area contributed by atoms with Crippen LogP contribution in [0.4, 0.5) is 8.78 Å². The van der Waals surface area contributed by atoms with Gasteiger partial charge in [0.05, 0.1) is 0 Å². The molecule has 1 unspecified atom stereocenters. The van der Waals surface area contributed by atoms with E-state index in [1.54, 1.807) is 4.90 Å². The third kappa shape index (κ3) is 3.07. The molecule has 1 fully saturated rings. The molecule has 0 radical (unpaired) electrons. The zero-order valence-electron chi connectivity index (χ0n) is 9.83. The highest BCUT2D eigenvalue weighted by Crippen LogP contribution is 2.20. The van der Waals surface area contributed by atoms with Crippen molar-refractivity contribution in [3.8, 4) is 0 Å². The van der Waals surface area contributed by atoms with Crippen LogP contribution in [0.2, 0.25) is 0 Å². The van der Waals surface area contributed by atoms with Crippen molar-refractivity contribution in [1.29, 1.82) is 0 Å². The SMILES string of the molecule is O=C(c1cc(F)cc(F)c1)N1CCCC(CBr)C1. The van der Waals surface area contributed by atoms with E-state index in [0.717, 1.165) is 36.4 Å². The van der Waals surface area contributed by atoms with Crippen molar-refractivity contribution in [2.75, 3.05) is 18.4 Å². The summed E-state index contributed by atoms with van der Waals surface area (Å²) in [5.74, 6) is -1.31. The molecule has 0 N–H and O–H groups in total. The fraction of sp³-hybridized carbons (Fsp3) is 0.462. The normalized spacial score (nSPS) is 19.9. The maximum atomic E-state index is 13.1. The molecular formula is C13H14BrF2NO. The molecule has 18 heavy (non-hydrogen) atoms. The highest BCUT2D eigenvalue weighted by molar-refractivity contribution is 9.09. The van der Waals surface area contributed by atoms with Gasteiger partial charge in [0.2, 0.25) is 0 Å². The molecule has 1 aromatic carbocycles. The van der Waals surface area contributed by atoms with E-state index in [4.69, 9.17) is 0 Å². The third-order valence-electron chi connectivity index (χ3n) is 3.13. The number of hydrogen-bond acceptors (Lipinski definition) is 1. The minimum Gasteiger partial charge on any atom is -0.338 e. The van der Waals surface area contributed by atoms with E-state index in [9.17, 15) is 13.6 Å². The van der Waals surface area contributed by atoms with Gasteiger partial charge in [0, 0.05) is 30.0 Å². The average molecular weight is 318 g/mol. The minimum atomic E-state index is -0.715. The molecular weight excluding hydrogens is 304 g/mol. The smallest absolute Gasteiger partial charge is 0.254 e. The lowest BCUT2D eigenvalue weighted by atomic mass is 9.99. The Kier molecular flexibility index (Phi) is 4.32. The van der Waals surface area contributed by atoms with Crippen molar-refractivity contribution in [3.05, 3.63) is 35.4 Å². The van der Waals surface area contributed by atoms with E-state index in [1.807, 2.05) is 0 Å². The largest absolute Gasteiger partial charge is 0.338 e.